The van der Waals surface area contributed by atoms with Crippen molar-refractivity contribution in [1.29, 1.82) is 0 Å². The van der Waals surface area contributed by atoms with E-state index in [0.717, 1.165) is 108 Å². The summed E-state index contributed by atoms with van der Waals surface area (Å²) < 4.78 is 68.3. The van der Waals surface area contributed by atoms with Gasteiger partial charge in [-0.3, -0.25) is 37.3 Å². The molecule has 0 aliphatic carbocycles. The summed E-state index contributed by atoms with van der Waals surface area (Å²) in [5, 5.41) is 10.6. The van der Waals surface area contributed by atoms with Crippen LogP contribution >= 0.6 is 15.6 Å². The van der Waals surface area contributed by atoms with E-state index in [1.165, 1.54) is 154 Å². The second-order valence-electron chi connectivity index (χ2n) is 27.6. The van der Waals surface area contributed by atoms with Gasteiger partial charge in [-0.15, -0.1) is 0 Å². The number of aliphatic hydroxyl groups excluding tert-OH is 1. The predicted molar refractivity (Wildman–Crippen MR) is 367 cm³/mol. The number of phosphoric ester groups is 2. The first-order chi connectivity index (χ1) is 43.6. The van der Waals surface area contributed by atoms with Crippen molar-refractivity contribution in [3.05, 3.63) is 0 Å². The highest BCUT2D eigenvalue weighted by atomic mass is 31.2. The summed E-state index contributed by atoms with van der Waals surface area (Å²) in [6.45, 7) is 14.0. The molecular weight excluding hydrogens is 1200 g/mol. The van der Waals surface area contributed by atoms with Crippen molar-refractivity contribution in [3.8, 4) is 0 Å². The molecule has 0 aromatic carbocycles. The Hall–Kier alpha value is -1.94. The molecule has 540 valence electrons. The Balaban J connectivity index is 5.17. The quantitative estimate of drug-likeness (QED) is 0.0222. The molecule has 0 aromatic heterocycles. The third-order valence-electron chi connectivity index (χ3n) is 16.9. The minimum atomic E-state index is -4.95. The van der Waals surface area contributed by atoms with Crippen molar-refractivity contribution >= 4 is 39.5 Å². The van der Waals surface area contributed by atoms with Gasteiger partial charge in [0.1, 0.15) is 19.3 Å². The summed E-state index contributed by atoms with van der Waals surface area (Å²) in [6.07, 6.45) is 44.8. The molecule has 0 amide bonds. The van der Waals surface area contributed by atoms with Crippen LogP contribution in [0.3, 0.4) is 0 Å². The zero-order valence-corrected chi connectivity index (χ0v) is 61.3. The maximum Gasteiger partial charge on any atom is 0.472 e. The summed E-state index contributed by atoms with van der Waals surface area (Å²) in [7, 11) is -9.90. The lowest BCUT2D eigenvalue weighted by molar-refractivity contribution is -0.161. The molecule has 0 saturated carbocycles. The van der Waals surface area contributed by atoms with E-state index in [2.05, 4.69) is 55.4 Å². The lowest BCUT2D eigenvalue weighted by atomic mass is 9.99. The van der Waals surface area contributed by atoms with Gasteiger partial charge in [-0.05, 0) is 49.4 Å². The van der Waals surface area contributed by atoms with Crippen LogP contribution in [0.15, 0.2) is 0 Å². The Morgan fingerprint density at radius 2 is 0.527 bits per heavy atom. The predicted octanol–water partition coefficient (Wildman–Crippen LogP) is 20.5. The number of unbranched alkanes of at least 4 members (excludes halogenated alkanes) is 34. The SMILES string of the molecule is CCC(C)CCCCCCCCCCCCC(=O)OC[C@H](COP(=O)(O)OCC(O)COP(=O)(O)OC[C@@H](COC(=O)CCCCCCCCC(C)C)OC(=O)CCCCCCCCCCCCCCCCCCC(C)C)OC(=O)CCCCCCCCC(C)C. The van der Waals surface area contributed by atoms with Gasteiger partial charge in [-0.2, -0.15) is 0 Å². The molecule has 91 heavy (non-hydrogen) atoms. The zero-order chi connectivity index (χ0) is 67.5. The number of carbonyl (C=O) groups excluding carboxylic acids is 4. The van der Waals surface area contributed by atoms with Crippen LogP contribution in [0.25, 0.3) is 0 Å². The molecule has 0 saturated heterocycles. The molecule has 17 nitrogen and oxygen atoms in total. The van der Waals surface area contributed by atoms with Crippen molar-refractivity contribution in [2.24, 2.45) is 23.7 Å². The first-order valence-electron chi connectivity index (χ1n) is 37.2. The molecule has 0 rings (SSSR count). The van der Waals surface area contributed by atoms with Crippen LogP contribution in [0.1, 0.15) is 357 Å². The standard InChI is InChI=1S/C72H140O17P2/c1-9-65(8)51-43-35-25-21-18-19-22-26-36-44-52-69(74)82-58-68(89-72(77)55-47-39-31-29-34-42-50-64(6)7)61-87-91(80,81)85-57-66(73)56-84-90(78,79)86-60-67(59-83-70(75)53-45-37-30-28-33-41-49-63(4)5)88-71(76)54-46-38-27-23-17-15-13-11-10-12-14-16-20-24-32-40-48-62(2)3/h62-68,73H,9-61H2,1-8H3,(H,78,79)(H,80,81)/t65?,66?,67-,68-/m1/s1. The molecule has 0 heterocycles. The molecule has 3 N–H and O–H groups in total. The van der Waals surface area contributed by atoms with Gasteiger partial charge in [0.25, 0.3) is 0 Å². The summed E-state index contributed by atoms with van der Waals surface area (Å²) in [4.78, 5) is 72.5. The molecule has 0 bridgehead atoms. The Morgan fingerprint density at radius 1 is 0.308 bits per heavy atom. The van der Waals surface area contributed by atoms with E-state index in [-0.39, 0.29) is 25.7 Å². The lowest BCUT2D eigenvalue weighted by Crippen LogP contribution is -2.30. The number of esters is 4. The Labute approximate surface area is 556 Å². The van der Waals surface area contributed by atoms with E-state index in [0.29, 0.717) is 37.5 Å². The van der Waals surface area contributed by atoms with Gasteiger partial charge < -0.3 is 33.8 Å². The molecule has 6 atom stereocenters. The van der Waals surface area contributed by atoms with Crippen molar-refractivity contribution in [2.75, 3.05) is 39.6 Å². The third-order valence-corrected chi connectivity index (χ3v) is 18.8. The average molecular weight is 1340 g/mol. The van der Waals surface area contributed by atoms with Crippen LogP contribution in [-0.2, 0) is 65.4 Å². The normalized spacial score (nSPS) is 14.5. The van der Waals surface area contributed by atoms with Crippen LogP contribution in [-0.4, -0.2) is 96.7 Å². The van der Waals surface area contributed by atoms with Crippen LogP contribution < -0.4 is 0 Å². The lowest BCUT2D eigenvalue weighted by Gasteiger charge is -2.21. The molecular formula is C72H140O17P2. The fourth-order valence-corrected chi connectivity index (χ4v) is 12.4. The van der Waals surface area contributed by atoms with Gasteiger partial charge in [0.15, 0.2) is 12.2 Å². The number of rotatable bonds is 69. The minimum absolute atomic E-state index is 0.101. The highest BCUT2D eigenvalue weighted by molar-refractivity contribution is 7.47. The van der Waals surface area contributed by atoms with Crippen molar-refractivity contribution in [2.45, 2.75) is 375 Å². The number of phosphoric acid groups is 2. The Kier molecular flexibility index (Phi) is 60.3. The molecule has 4 unspecified atom stereocenters. The molecule has 0 aliphatic rings. The Bertz CT molecular complexity index is 1800. The maximum absolute atomic E-state index is 13.0. The first-order valence-corrected chi connectivity index (χ1v) is 40.2. The van der Waals surface area contributed by atoms with Crippen LogP contribution in [0.2, 0.25) is 0 Å². The van der Waals surface area contributed by atoms with Crippen LogP contribution in [0, 0.1) is 23.7 Å². The van der Waals surface area contributed by atoms with Gasteiger partial charge in [0, 0.05) is 25.7 Å². The van der Waals surface area contributed by atoms with Crippen molar-refractivity contribution in [1.82, 2.24) is 0 Å². The van der Waals surface area contributed by atoms with Crippen molar-refractivity contribution in [3.63, 3.8) is 0 Å². The van der Waals surface area contributed by atoms with Gasteiger partial charge in [-0.25, -0.2) is 9.13 Å². The fraction of sp³-hybridized carbons (Fsp3) is 0.944. The monoisotopic (exact) mass is 1340 g/mol. The topological polar surface area (TPSA) is 237 Å². The number of hydrogen-bond acceptors (Lipinski definition) is 15. The molecule has 0 aromatic rings. The van der Waals surface area contributed by atoms with E-state index in [9.17, 15) is 43.2 Å². The summed E-state index contributed by atoms with van der Waals surface area (Å²) in [5.74, 6) is 0.835. The number of carbonyl (C=O) groups is 4. The zero-order valence-electron chi connectivity index (χ0n) is 59.5. The highest BCUT2D eigenvalue weighted by Gasteiger charge is 2.30. The minimum Gasteiger partial charge on any atom is -0.462 e. The molecule has 0 fully saturated rings. The second-order valence-corrected chi connectivity index (χ2v) is 30.6. The summed E-state index contributed by atoms with van der Waals surface area (Å²) in [5.41, 5.74) is 0. The average Bonchev–Trinajstić information content (AvgIpc) is 3.00. The van der Waals surface area contributed by atoms with Gasteiger partial charge in [0.05, 0.1) is 26.4 Å². The number of aliphatic hydroxyl groups is 1. The molecule has 0 radical (unpaired) electrons. The second kappa shape index (κ2) is 61.6. The maximum atomic E-state index is 13.0. The molecule has 0 aliphatic heterocycles. The van der Waals surface area contributed by atoms with E-state index in [1.54, 1.807) is 0 Å². The highest BCUT2D eigenvalue weighted by Crippen LogP contribution is 2.45. The van der Waals surface area contributed by atoms with E-state index in [1.807, 2.05) is 0 Å². The van der Waals surface area contributed by atoms with Gasteiger partial charge in [0.2, 0.25) is 0 Å². The van der Waals surface area contributed by atoms with Crippen LogP contribution in [0.5, 0.6) is 0 Å². The number of ether oxygens (including phenoxy) is 4. The van der Waals surface area contributed by atoms with Crippen LogP contribution in [0.4, 0.5) is 0 Å². The van der Waals surface area contributed by atoms with Gasteiger partial charge >= 0.3 is 39.5 Å². The smallest absolute Gasteiger partial charge is 0.462 e. The van der Waals surface area contributed by atoms with Gasteiger partial charge in [-0.1, -0.05) is 306 Å². The number of hydrogen-bond donors (Lipinski definition) is 3. The largest absolute Gasteiger partial charge is 0.472 e. The molecule has 0 spiro atoms. The third kappa shape index (κ3) is 65.1. The summed E-state index contributed by atoms with van der Waals surface area (Å²) >= 11 is 0. The van der Waals surface area contributed by atoms with E-state index in [4.69, 9.17) is 37.0 Å². The van der Waals surface area contributed by atoms with Crippen molar-refractivity contribution < 1.29 is 80.2 Å². The molecule has 19 heteroatoms. The Morgan fingerprint density at radius 3 is 0.780 bits per heavy atom. The van der Waals surface area contributed by atoms with E-state index < -0.39 is 97.5 Å². The van der Waals surface area contributed by atoms with E-state index >= 15 is 0 Å². The summed E-state index contributed by atoms with van der Waals surface area (Å²) in [6, 6.07) is 0. The first kappa shape index (κ1) is 89.1. The fourth-order valence-electron chi connectivity index (χ4n) is 10.8.